The molecule has 1 aromatic heterocycles. The van der Waals surface area contributed by atoms with E-state index < -0.39 is 17.7 Å². The number of benzene rings is 2. The van der Waals surface area contributed by atoms with Crippen LogP contribution in [-0.2, 0) is 10.9 Å². The van der Waals surface area contributed by atoms with Crippen molar-refractivity contribution in [2.24, 2.45) is 0 Å². The molecule has 1 heterocycles. The lowest BCUT2D eigenvalue weighted by Gasteiger charge is -2.16. The number of hydrogen-bond acceptors (Lipinski definition) is 5. The third-order valence-electron chi connectivity index (χ3n) is 4.10. The van der Waals surface area contributed by atoms with E-state index in [1.165, 1.54) is 25.4 Å². The van der Waals surface area contributed by atoms with E-state index in [1.807, 2.05) is 0 Å². The Bertz CT molecular complexity index is 1070. The Kier molecular flexibility index (Phi) is 5.83. The van der Waals surface area contributed by atoms with Crippen LogP contribution in [0.25, 0.3) is 10.9 Å². The van der Waals surface area contributed by atoms with Gasteiger partial charge in [0, 0.05) is 17.3 Å². The lowest BCUT2D eigenvalue weighted by molar-refractivity contribution is -0.137. The van der Waals surface area contributed by atoms with Crippen LogP contribution in [0.2, 0.25) is 5.02 Å². The summed E-state index contributed by atoms with van der Waals surface area (Å²) in [6.45, 7) is 1.78. The maximum absolute atomic E-state index is 13.1. The number of ether oxygens (including phenoxy) is 2. The average Bonchev–Trinajstić information content (AvgIpc) is 2.67. The molecule has 0 aliphatic carbocycles. The molecule has 1 N–H and O–H groups in total. The molecule has 5 nitrogen and oxygen atoms in total. The van der Waals surface area contributed by atoms with Crippen LogP contribution >= 0.6 is 11.6 Å². The Hall–Kier alpha value is -3.00. The Balaban J connectivity index is 2.19. The lowest BCUT2D eigenvalue weighted by atomic mass is 10.1. The van der Waals surface area contributed by atoms with Gasteiger partial charge in [-0.2, -0.15) is 13.2 Å². The number of esters is 1. The zero-order valence-electron chi connectivity index (χ0n) is 15.4. The molecule has 0 amide bonds. The molecule has 0 spiro atoms. The standard InChI is InChI=1S/C20H16ClF3N2O3/c1-3-29-19(27)14-10-25-16-9-15(21)17(28-2)8-13(16)18(14)26-12-6-4-5-11(7-12)20(22,23)24/h4-10H,3H2,1-2H3,(H,25,26). The van der Waals surface area contributed by atoms with Crippen LogP contribution in [0, 0.1) is 0 Å². The van der Waals surface area contributed by atoms with Gasteiger partial charge in [-0.15, -0.1) is 0 Å². The fourth-order valence-electron chi connectivity index (χ4n) is 2.77. The normalized spacial score (nSPS) is 11.4. The second-order valence-corrected chi connectivity index (χ2v) is 6.38. The quantitative estimate of drug-likeness (QED) is 0.522. The second kappa shape index (κ2) is 8.16. The predicted molar refractivity (Wildman–Crippen MR) is 104 cm³/mol. The molecule has 152 valence electrons. The summed E-state index contributed by atoms with van der Waals surface area (Å²) >= 11 is 6.14. The minimum atomic E-state index is -4.50. The molecule has 0 saturated heterocycles. The summed E-state index contributed by atoms with van der Waals surface area (Å²) in [4.78, 5) is 16.6. The number of fused-ring (bicyclic) bond motifs is 1. The first-order valence-electron chi connectivity index (χ1n) is 8.52. The van der Waals surface area contributed by atoms with Crippen LogP contribution in [0.1, 0.15) is 22.8 Å². The molecule has 0 aliphatic rings. The Morgan fingerprint density at radius 2 is 2.00 bits per heavy atom. The van der Waals surface area contributed by atoms with Gasteiger partial charge in [-0.05, 0) is 37.3 Å². The van der Waals surface area contributed by atoms with Crippen molar-refractivity contribution in [1.82, 2.24) is 4.98 Å². The highest BCUT2D eigenvalue weighted by Gasteiger charge is 2.30. The highest BCUT2D eigenvalue weighted by Crippen LogP contribution is 2.37. The largest absolute Gasteiger partial charge is 0.495 e. The first-order chi connectivity index (χ1) is 13.7. The van der Waals surface area contributed by atoms with Crippen molar-refractivity contribution in [2.75, 3.05) is 19.0 Å². The Morgan fingerprint density at radius 1 is 1.24 bits per heavy atom. The first kappa shape index (κ1) is 20.7. The molecule has 0 bridgehead atoms. The number of hydrogen-bond donors (Lipinski definition) is 1. The van der Waals surface area contributed by atoms with E-state index in [4.69, 9.17) is 21.1 Å². The molecule has 0 unspecified atom stereocenters. The van der Waals surface area contributed by atoms with Crippen molar-refractivity contribution in [3.63, 3.8) is 0 Å². The van der Waals surface area contributed by atoms with Crippen molar-refractivity contribution >= 4 is 39.8 Å². The van der Waals surface area contributed by atoms with Crippen LogP contribution in [0.5, 0.6) is 5.75 Å². The molecule has 2 aromatic carbocycles. The number of carbonyl (C=O) groups is 1. The van der Waals surface area contributed by atoms with Crippen LogP contribution in [0.4, 0.5) is 24.5 Å². The van der Waals surface area contributed by atoms with Gasteiger partial charge >= 0.3 is 12.1 Å². The Labute approximate surface area is 169 Å². The van der Waals surface area contributed by atoms with Crippen LogP contribution in [0.15, 0.2) is 42.6 Å². The van der Waals surface area contributed by atoms with E-state index in [0.29, 0.717) is 21.7 Å². The fraction of sp³-hybridized carbons (Fsp3) is 0.200. The number of nitrogens with one attached hydrogen (secondary N) is 1. The van der Waals surface area contributed by atoms with E-state index in [9.17, 15) is 18.0 Å². The van der Waals surface area contributed by atoms with Gasteiger partial charge in [0.2, 0.25) is 0 Å². The number of methoxy groups -OCH3 is 1. The number of rotatable bonds is 5. The number of pyridine rings is 1. The van der Waals surface area contributed by atoms with Crippen LogP contribution in [-0.4, -0.2) is 24.7 Å². The summed E-state index contributed by atoms with van der Waals surface area (Å²) in [7, 11) is 1.43. The summed E-state index contributed by atoms with van der Waals surface area (Å²) in [5.41, 5.74) is 0.0631. The number of halogens is 4. The zero-order valence-corrected chi connectivity index (χ0v) is 16.2. The predicted octanol–water partition coefficient (Wildman–Crippen LogP) is 5.84. The summed E-state index contributed by atoms with van der Waals surface area (Å²) in [6, 6.07) is 7.75. The van der Waals surface area contributed by atoms with Gasteiger partial charge in [0.1, 0.15) is 11.3 Å². The number of alkyl halides is 3. The molecule has 0 aliphatic heterocycles. The third-order valence-corrected chi connectivity index (χ3v) is 4.39. The third kappa shape index (κ3) is 4.37. The summed E-state index contributed by atoms with van der Waals surface area (Å²) < 4.78 is 49.5. The number of carbonyl (C=O) groups excluding carboxylic acids is 1. The van der Waals surface area contributed by atoms with Crippen molar-refractivity contribution in [1.29, 1.82) is 0 Å². The van der Waals surface area contributed by atoms with E-state index in [-0.39, 0.29) is 23.5 Å². The van der Waals surface area contributed by atoms with Crippen molar-refractivity contribution in [3.8, 4) is 5.75 Å². The number of nitrogens with zero attached hydrogens (tertiary/aromatic N) is 1. The molecule has 29 heavy (non-hydrogen) atoms. The minimum Gasteiger partial charge on any atom is -0.495 e. The number of aromatic nitrogens is 1. The first-order valence-corrected chi connectivity index (χ1v) is 8.90. The molecule has 3 aromatic rings. The zero-order chi connectivity index (χ0) is 21.2. The SMILES string of the molecule is CCOC(=O)c1cnc2cc(Cl)c(OC)cc2c1Nc1cccc(C(F)(F)F)c1. The maximum Gasteiger partial charge on any atom is 0.416 e. The molecule has 0 saturated carbocycles. The van der Waals surface area contributed by atoms with Gasteiger partial charge in [-0.25, -0.2) is 4.79 Å². The summed E-state index contributed by atoms with van der Waals surface area (Å²) in [6.07, 6.45) is -3.21. The summed E-state index contributed by atoms with van der Waals surface area (Å²) in [5, 5.41) is 3.64. The van der Waals surface area contributed by atoms with Crippen LogP contribution in [0.3, 0.4) is 0 Å². The maximum atomic E-state index is 13.1. The molecular weight excluding hydrogens is 409 g/mol. The minimum absolute atomic E-state index is 0.0705. The number of anilines is 2. The van der Waals surface area contributed by atoms with E-state index in [1.54, 1.807) is 19.1 Å². The second-order valence-electron chi connectivity index (χ2n) is 5.97. The summed E-state index contributed by atoms with van der Waals surface area (Å²) in [5.74, 6) is -0.334. The molecule has 0 atom stereocenters. The van der Waals surface area contributed by atoms with E-state index >= 15 is 0 Å². The average molecular weight is 425 g/mol. The topological polar surface area (TPSA) is 60.5 Å². The van der Waals surface area contributed by atoms with Gasteiger partial charge in [0.25, 0.3) is 0 Å². The van der Waals surface area contributed by atoms with Gasteiger partial charge < -0.3 is 14.8 Å². The van der Waals surface area contributed by atoms with Crippen molar-refractivity contribution in [2.45, 2.75) is 13.1 Å². The highest BCUT2D eigenvalue weighted by atomic mass is 35.5. The van der Waals surface area contributed by atoms with Gasteiger partial charge in [0.05, 0.1) is 35.5 Å². The van der Waals surface area contributed by atoms with Gasteiger partial charge in [-0.3, -0.25) is 4.98 Å². The molecule has 0 radical (unpaired) electrons. The molecule has 9 heteroatoms. The monoisotopic (exact) mass is 424 g/mol. The lowest BCUT2D eigenvalue weighted by Crippen LogP contribution is -2.10. The smallest absolute Gasteiger partial charge is 0.416 e. The molecular formula is C20H16ClF3N2O3. The van der Waals surface area contributed by atoms with E-state index in [2.05, 4.69) is 10.3 Å². The van der Waals surface area contributed by atoms with E-state index in [0.717, 1.165) is 12.1 Å². The van der Waals surface area contributed by atoms with Crippen molar-refractivity contribution in [3.05, 3.63) is 58.7 Å². The fourth-order valence-corrected chi connectivity index (χ4v) is 3.00. The highest BCUT2D eigenvalue weighted by molar-refractivity contribution is 6.33. The Morgan fingerprint density at radius 3 is 2.66 bits per heavy atom. The molecule has 0 fully saturated rings. The van der Waals surface area contributed by atoms with Gasteiger partial charge in [0.15, 0.2) is 0 Å². The van der Waals surface area contributed by atoms with Crippen LogP contribution < -0.4 is 10.1 Å². The van der Waals surface area contributed by atoms with Crippen molar-refractivity contribution < 1.29 is 27.4 Å². The van der Waals surface area contributed by atoms with Gasteiger partial charge in [-0.1, -0.05) is 17.7 Å². The molecule has 3 rings (SSSR count).